The summed E-state index contributed by atoms with van der Waals surface area (Å²) in [6.45, 7) is 5.38. The second-order valence-electron chi connectivity index (χ2n) is 6.32. The van der Waals surface area contributed by atoms with E-state index in [4.69, 9.17) is 4.74 Å². The number of thiazole rings is 1. The van der Waals surface area contributed by atoms with Crippen molar-refractivity contribution in [2.45, 2.75) is 20.8 Å². The average Bonchev–Trinajstić information content (AvgIpc) is 3.01. The van der Waals surface area contributed by atoms with E-state index >= 15 is 0 Å². The molecule has 0 aliphatic heterocycles. The minimum atomic E-state index is -0.279. The fourth-order valence-corrected chi connectivity index (χ4v) is 3.69. The van der Waals surface area contributed by atoms with E-state index in [1.54, 1.807) is 31.4 Å². The summed E-state index contributed by atoms with van der Waals surface area (Å²) in [5.74, 6) is 0.357. The number of methoxy groups -OCH3 is 1. The maximum Gasteiger partial charge on any atom is 0.257 e. The van der Waals surface area contributed by atoms with Crippen molar-refractivity contribution in [3.05, 3.63) is 58.5 Å². The molecule has 0 saturated carbocycles. The van der Waals surface area contributed by atoms with Crippen molar-refractivity contribution < 1.29 is 14.3 Å². The van der Waals surface area contributed by atoms with Crippen molar-refractivity contribution in [1.29, 1.82) is 0 Å². The molecule has 0 bridgehead atoms. The fraction of sp³-hybridized carbons (Fsp3) is 0.190. The Labute approximate surface area is 167 Å². The summed E-state index contributed by atoms with van der Waals surface area (Å²) in [5.41, 5.74) is 3.84. The quantitative estimate of drug-likeness (QED) is 0.659. The normalized spacial score (nSPS) is 10.4. The van der Waals surface area contributed by atoms with Gasteiger partial charge in [0.05, 0.1) is 12.8 Å². The molecule has 0 fully saturated rings. The van der Waals surface area contributed by atoms with Crippen molar-refractivity contribution in [1.82, 2.24) is 4.98 Å². The Morgan fingerprint density at radius 2 is 1.86 bits per heavy atom. The number of benzene rings is 2. The minimum absolute atomic E-state index is 0.187. The zero-order valence-corrected chi connectivity index (χ0v) is 16.9. The number of ether oxygens (including phenoxy) is 1. The van der Waals surface area contributed by atoms with E-state index < -0.39 is 0 Å². The van der Waals surface area contributed by atoms with Crippen LogP contribution in [-0.4, -0.2) is 23.9 Å². The van der Waals surface area contributed by atoms with E-state index in [0.29, 0.717) is 16.4 Å². The molecule has 6 nitrogen and oxygen atoms in total. The summed E-state index contributed by atoms with van der Waals surface area (Å²) < 4.78 is 5.31. The number of nitrogens with one attached hydrogen (secondary N) is 2. The Hall–Kier alpha value is -3.19. The largest absolute Gasteiger partial charge is 0.496 e. The van der Waals surface area contributed by atoms with Crippen molar-refractivity contribution in [2.75, 3.05) is 17.7 Å². The van der Waals surface area contributed by atoms with Crippen LogP contribution in [-0.2, 0) is 4.79 Å². The number of amides is 2. The Bertz CT molecular complexity index is 1040. The van der Waals surface area contributed by atoms with Crippen LogP contribution in [0.15, 0.2) is 42.5 Å². The zero-order chi connectivity index (χ0) is 20.3. The number of aryl methyl sites for hydroxylation is 2. The van der Waals surface area contributed by atoms with E-state index in [9.17, 15) is 9.59 Å². The van der Waals surface area contributed by atoms with Gasteiger partial charge < -0.3 is 10.1 Å². The molecule has 1 heterocycles. The lowest BCUT2D eigenvalue weighted by molar-refractivity contribution is -0.114. The number of rotatable bonds is 5. The summed E-state index contributed by atoms with van der Waals surface area (Å²) in [7, 11) is 1.64. The number of aromatic nitrogens is 1. The minimum Gasteiger partial charge on any atom is -0.496 e. The van der Waals surface area contributed by atoms with Gasteiger partial charge in [-0.1, -0.05) is 6.07 Å². The second kappa shape index (κ2) is 8.22. The topological polar surface area (TPSA) is 80.3 Å². The Balaban J connectivity index is 1.81. The molecule has 3 rings (SSSR count). The van der Waals surface area contributed by atoms with Crippen molar-refractivity contribution in [3.63, 3.8) is 0 Å². The van der Waals surface area contributed by atoms with Crippen LogP contribution in [0.5, 0.6) is 5.75 Å². The molecule has 0 aliphatic rings. The van der Waals surface area contributed by atoms with E-state index in [-0.39, 0.29) is 11.8 Å². The van der Waals surface area contributed by atoms with E-state index in [1.807, 2.05) is 32.0 Å². The van der Waals surface area contributed by atoms with Gasteiger partial charge in [-0.05, 0) is 55.8 Å². The molecular weight excluding hydrogens is 374 g/mol. The maximum absolute atomic E-state index is 12.6. The molecule has 0 unspecified atom stereocenters. The van der Waals surface area contributed by atoms with Crippen LogP contribution in [0.4, 0.5) is 10.8 Å². The van der Waals surface area contributed by atoms with Gasteiger partial charge in [-0.25, -0.2) is 4.98 Å². The first-order valence-corrected chi connectivity index (χ1v) is 9.50. The van der Waals surface area contributed by atoms with Crippen molar-refractivity contribution in [3.8, 4) is 17.0 Å². The third-order valence-electron chi connectivity index (χ3n) is 4.13. The highest BCUT2D eigenvalue weighted by molar-refractivity contribution is 7.16. The predicted molar refractivity (Wildman–Crippen MR) is 112 cm³/mol. The van der Waals surface area contributed by atoms with Crippen LogP contribution in [0.1, 0.15) is 27.7 Å². The number of nitrogens with zero attached hydrogens (tertiary/aromatic N) is 1. The molecular formula is C21H21N3O3S. The smallest absolute Gasteiger partial charge is 0.257 e. The maximum atomic E-state index is 12.6. The summed E-state index contributed by atoms with van der Waals surface area (Å²) in [6.07, 6.45) is 0. The summed E-state index contributed by atoms with van der Waals surface area (Å²) in [4.78, 5) is 29.4. The molecule has 0 aliphatic carbocycles. The molecule has 3 aromatic rings. The lowest BCUT2D eigenvalue weighted by Crippen LogP contribution is -2.13. The third kappa shape index (κ3) is 4.37. The van der Waals surface area contributed by atoms with E-state index in [1.165, 1.54) is 18.3 Å². The second-order valence-corrected chi connectivity index (χ2v) is 7.53. The van der Waals surface area contributed by atoms with Gasteiger partial charge in [0.25, 0.3) is 5.91 Å². The standard InChI is InChI=1S/C21H21N3O3S/c1-12-10-15(8-9-18(12)27-4)19-13(2)28-21(23-19)24-20(26)16-6-5-7-17(11-16)22-14(3)25/h5-11H,1-4H3,(H,22,25)(H,23,24,26). The van der Waals surface area contributed by atoms with Crippen LogP contribution in [0, 0.1) is 13.8 Å². The molecule has 2 aromatic carbocycles. The zero-order valence-electron chi connectivity index (χ0n) is 16.1. The predicted octanol–water partition coefficient (Wildman–Crippen LogP) is 4.65. The van der Waals surface area contributed by atoms with Crippen LogP contribution in [0.3, 0.4) is 0 Å². The van der Waals surface area contributed by atoms with Crippen molar-refractivity contribution >= 4 is 34.0 Å². The molecule has 0 radical (unpaired) electrons. The number of hydrogen-bond acceptors (Lipinski definition) is 5. The number of anilines is 2. The molecule has 144 valence electrons. The Morgan fingerprint density at radius 3 is 2.54 bits per heavy atom. The fourth-order valence-electron chi connectivity index (χ4n) is 2.85. The van der Waals surface area contributed by atoms with Gasteiger partial charge in [-0.3, -0.25) is 14.9 Å². The number of carbonyl (C=O) groups is 2. The van der Waals surface area contributed by atoms with Gasteiger partial charge in [-0.15, -0.1) is 11.3 Å². The van der Waals surface area contributed by atoms with Gasteiger partial charge in [0.15, 0.2) is 5.13 Å². The van der Waals surface area contributed by atoms with Gasteiger partial charge in [0.1, 0.15) is 5.75 Å². The summed E-state index contributed by atoms with van der Waals surface area (Å²) in [5, 5.41) is 6.03. The van der Waals surface area contributed by atoms with Crippen LogP contribution < -0.4 is 15.4 Å². The van der Waals surface area contributed by atoms with Crippen molar-refractivity contribution in [2.24, 2.45) is 0 Å². The van der Waals surface area contributed by atoms with Gasteiger partial charge >= 0.3 is 0 Å². The highest BCUT2D eigenvalue weighted by Crippen LogP contribution is 2.33. The number of carbonyl (C=O) groups excluding carboxylic acids is 2. The lowest BCUT2D eigenvalue weighted by atomic mass is 10.1. The van der Waals surface area contributed by atoms with Gasteiger partial charge in [0, 0.05) is 28.6 Å². The summed E-state index contributed by atoms with van der Waals surface area (Å²) >= 11 is 1.42. The lowest BCUT2D eigenvalue weighted by Gasteiger charge is -2.06. The molecule has 28 heavy (non-hydrogen) atoms. The first-order chi connectivity index (χ1) is 13.4. The molecule has 0 spiro atoms. The number of hydrogen-bond donors (Lipinski definition) is 2. The van der Waals surface area contributed by atoms with Crippen LogP contribution in [0.2, 0.25) is 0 Å². The third-order valence-corrected chi connectivity index (χ3v) is 5.02. The average molecular weight is 395 g/mol. The SMILES string of the molecule is COc1ccc(-c2nc(NC(=O)c3cccc(NC(C)=O)c3)sc2C)cc1C. The molecule has 7 heteroatoms. The molecule has 2 amide bonds. The van der Waals surface area contributed by atoms with Crippen LogP contribution in [0.25, 0.3) is 11.3 Å². The molecule has 0 saturated heterocycles. The Kier molecular flexibility index (Phi) is 5.75. The highest BCUT2D eigenvalue weighted by Gasteiger charge is 2.14. The Morgan fingerprint density at radius 1 is 1.07 bits per heavy atom. The van der Waals surface area contributed by atoms with Crippen LogP contribution >= 0.6 is 11.3 Å². The van der Waals surface area contributed by atoms with Gasteiger partial charge in [0.2, 0.25) is 5.91 Å². The molecule has 2 N–H and O–H groups in total. The summed E-state index contributed by atoms with van der Waals surface area (Å²) in [6, 6.07) is 12.7. The first-order valence-electron chi connectivity index (χ1n) is 8.69. The molecule has 0 atom stereocenters. The molecule has 1 aromatic heterocycles. The highest BCUT2D eigenvalue weighted by atomic mass is 32.1. The van der Waals surface area contributed by atoms with Gasteiger partial charge in [-0.2, -0.15) is 0 Å². The monoisotopic (exact) mass is 395 g/mol. The van der Waals surface area contributed by atoms with E-state index in [2.05, 4.69) is 15.6 Å². The van der Waals surface area contributed by atoms with E-state index in [0.717, 1.165) is 27.4 Å². The first kappa shape index (κ1) is 19.6.